The minimum atomic E-state index is -1.37. The van der Waals surface area contributed by atoms with Gasteiger partial charge in [-0.25, -0.2) is 4.79 Å². The number of hydrogen-bond donors (Lipinski definition) is 7. The number of carboxylic acid groups (broad SMARTS) is 1. The number of carbonyl (C=O) groups excluding carboxylic acids is 3. The van der Waals surface area contributed by atoms with E-state index in [4.69, 9.17) is 11.5 Å². The van der Waals surface area contributed by atoms with E-state index in [0.29, 0.717) is 31.6 Å². The summed E-state index contributed by atoms with van der Waals surface area (Å²) in [5.74, 6) is -2.58. The highest BCUT2D eigenvalue weighted by molar-refractivity contribution is 7.98. The van der Waals surface area contributed by atoms with Crippen LogP contribution in [0.4, 0.5) is 0 Å². The molecule has 3 amide bonds. The highest BCUT2D eigenvalue weighted by Crippen LogP contribution is 2.03. The van der Waals surface area contributed by atoms with Crippen molar-refractivity contribution >= 4 is 35.5 Å². The number of hydrogen-bond acceptors (Lipinski definition) is 8. The summed E-state index contributed by atoms with van der Waals surface area (Å²) in [6.45, 7) is 1.26. The minimum absolute atomic E-state index is 0.169. The zero-order chi connectivity index (χ0) is 22.4. The molecule has 0 aromatic rings. The predicted octanol–water partition coefficient (Wildman–Crippen LogP) is -2.25. The van der Waals surface area contributed by atoms with Gasteiger partial charge in [-0.2, -0.15) is 11.8 Å². The molecule has 0 aromatic heterocycles. The maximum atomic E-state index is 12.3. The van der Waals surface area contributed by atoms with Crippen LogP contribution in [0.25, 0.3) is 0 Å². The number of rotatable bonds is 15. The zero-order valence-electron chi connectivity index (χ0n) is 16.8. The molecule has 0 radical (unpaired) electrons. The molecule has 0 aliphatic carbocycles. The second-order valence-electron chi connectivity index (χ2n) is 6.58. The van der Waals surface area contributed by atoms with Crippen molar-refractivity contribution in [3.63, 3.8) is 0 Å². The standard InChI is InChI=1S/C17H33N5O6S/c1-10(23)14(16(26)21-12(17(27)28)5-3-4-7-18)22-13(24)9-20-15(25)11(19)6-8-29-2/h10-12,14,23H,3-9,18-19H2,1-2H3,(H,20,25)(H,21,26)(H,22,24)(H,27,28). The maximum Gasteiger partial charge on any atom is 0.326 e. The first-order chi connectivity index (χ1) is 13.6. The van der Waals surface area contributed by atoms with Gasteiger partial charge in [0.15, 0.2) is 0 Å². The SMILES string of the molecule is CSCCC(N)C(=O)NCC(=O)NC(C(=O)NC(CCCCN)C(=O)O)C(C)O. The van der Waals surface area contributed by atoms with Crippen molar-refractivity contribution in [2.24, 2.45) is 11.5 Å². The molecule has 0 spiro atoms. The lowest BCUT2D eigenvalue weighted by Crippen LogP contribution is -2.57. The van der Waals surface area contributed by atoms with E-state index in [2.05, 4.69) is 16.0 Å². The molecule has 11 nitrogen and oxygen atoms in total. The Bertz CT molecular complexity index is 548. The van der Waals surface area contributed by atoms with Gasteiger partial charge in [0.25, 0.3) is 0 Å². The molecule has 29 heavy (non-hydrogen) atoms. The van der Waals surface area contributed by atoms with Crippen LogP contribution in [-0.4, -0.2) is 83.2 Å². The van der Waals surface area contributed by atoms with Gasteiger partial charge in [0.2, 0.25) is 17.7 Å². The first-order valence-corrected chi connectivity index (χ1v) is 10.8. The third kappa shape index (κ3) is 11.6. The second-order valence-corrected chi connectivity index (χ2v) is 7.56. The van der Waals surface area contributed by atoms with Gasteiger partial charge in [-0.15, -0.1) is 0 Å². The lowest BCUT2D eigenvalue weighted by molar-refractivity contribution is -0.143. The van der Waals surface area contributed by atoms with Crippen LogP contribution in [0.2, 0.25) is 0 Å². The third-order valence-corrected chi connectivity index (χ3v) is 4.68. The Balaban J connectivity index is 4.71. The van der Waals surface area contributed by atoms with E-state index >= 15 is 0 Å². The predicted molar refractivity (Wildman–Crippen MR) is 110 cm³/mol. The van der Waals surface area contributed by atoms with E-state index in [1.165, 1.54) is 18.7 Å². The van der Waals surface area contributed by atoms with Crippen LogP contribution < -0.4 is 27.4 Å². The van der Waals surface area contributed by atoms with E-state index in [9.17, 15) is 29.4 Å². The summed E-state index contributed by atoms with van der Waals surface area (Å²) in [5.41, 5.74) is 11.1. The quantitative estimate of drug-likeness (QED) is 0.139. The Morgan fingerprint density at radius 2 is 1.72 bits per heavy atom. The van der Waals surface area contributed by atoms with Crippen molar-refractivity contribution in [3.8, 4) is 0 Å². The molecule has 0 fully saturated rings. The van der Waals surface area contributed by atoms with Crippen LogP contribution in [0.5, 0.6) is 0 Å². The van der Waals surface area contributed by atoms with E-state index in [1.807, 2.05) is 6.26 Å². The van der Waals surface area contributed by atoms with Crippen molar-refractivity contribution in [1.29, 1.82) is 0 Å². The zero-order valence-corrected chi connectivity index (χ0v) is 17.7. The molecule has 0 bridgehead atoms. The van der Waals surface area contributed by atoms with Crippen molar-refractivity contribution < 1.29 is 29.4 Å². The van der Waals surface area contributed by atoms with Crippen molar-refractivity contribution in [3.05, 3.63) is 0 Å². The Hall–Kier alpha value is -1.89. The monoisotopic (exact) mass is 435 g/mol. The summed E-state index contributed by atoms with van der Waals surface area (Å²) < 4.78 is 0. The van der Waals surface area contributed by atoms with Crippen LogP contribution in [-0.2, 0) is 19.2 Å². The first kappa shape index (κ1) is 27.1. The summed E-state index contributed by atoms with van der Waals surface area (Å²) in [6, 6.07) is -3.29. The van der Waals surface area contributed by atoms with Gasteiger partial charge in [0.05, 0.1) is 18.7 Å². The van der Waals surface area contributed by atoms with E-state index in [0.717, 1.165) is 0 Å². The number of unbranched alkanes of at least 4 members (excludes halogenated alkanes) is 1. The van der Waals surface area contributed by atoms with E-state index in [1.54, 1.807) is 0 Å². The Morgan fingerprint density at radius 3 is 2.24 bits per heavy atom. The van der Waals surface area contributed by atoms with E-state index < -0.39 is 54.5 Å². The van der Waals surface area contributed by atoms with Gasteiger partial charge in [0.1, 0.15) is 12.1 Å². The molecule has 0 aliphatic heterocycles. The highest BCUT2D eigenvalue weighted by atomic mass is 32.2. The first-order valence-electron chi connectivity index (χ1n) is 9.36. The summed E-state index contributed by atoms with van der Waals surface area (Å²) in [7, 11) is 0. The minimum Gasteiger partial charge on any atom is -0.480 e. The van der Waals surface area contributed by atoms with Gasteiger partial charge >= 0.3 is 5.97 Å². The summed E-state index contributed by atoms with van der Waals surface area (Å²) >= 11 is 1.54. The molecule has 0 aliphatic rings. The van der Waals surface area contributed by atoms with Crippen molar-refractivity contribution in [1.82, 2.24) is 16.0 Å². The maximum absolute atomic E-state index is 12.3. The number of thioether (sulfide) groups is 1. The second kappa shape index (κ2) is 15.0. The molecular formula is C17H33N5O6S. The van der Waals surface area contributed by atoms with Gasteiger partial charge in [0, 0.05) is 0 Å². The third-order valence-electron chi connectivity index (χ3n) is 4.04. The smallest absolute Gasteiger partial charge is 0.326 e. The fourth-order valence-electron chi connectivity index (χ4n) is 2.32. The number of aliphatic carboxylic acids is 1. The average molecular weight is 436 g/mol. The Kier molecular flexibility index (Phi) is 14.0. The van der Waals surface area contributed by atoms with Crippen LogP contribution in [0.15, 0.2) is 0 Å². The lowest BCUT2D eigenvalue weighted by atomic mass is 10.1. The van der Waals surface area contributed by atoms with Crippen LogP contribution in [0, 0.1) is 0 Å². The molecule has 4 unspecified atom stereocenters. The molecule has 0 aromatic carbocycles. The lowest BCUT2D eigenvalue weighted by Gasteiger charge is -2.23. The largest absolute Gasteiger partial charge is 0.480 e. The molecule has 168 valence electrons. The summed E-state index contributed by atoms with van der Waals surface area (Å²) in [4.78, 5) is 47.5. The van der Waals surface area contributed by atoms with Crippen molar-refractivity contribution in [2.75, 3.05) is 25.1 Å². The van der Waals surface area contributed by atoms with Gasteiger partial charge in [-0.05, 0) is 51.2 Å². The highest BCUT2D eigenvalue weighted by Gasteiger charge is 2.29. The van der Waals surface area contributed by atoms with Crippen LogP contribution >= 0.6 is 11.8 Å². The number of nitrogens with two attached hydrogens (primary N) is 2. The van der Waals surface area contributed by atoms with Crippen LogP contribution in [0.1, 0.15) is 32.6 Å². The van der Waals surface area contributed by atoms with Gasteiger partial charge in [-0.1, -0.05) is 0 Å². The Labute approximate surface area is 174 Å². The summed E-state index contributed by atoms with van der Waals surface area (Å²) in [6.07, 6.45) is 2.33. The van der Waals surface area contributed by atoms with Gasteiger partial charge in [-0.3, -0.25) is 14.4 Å². The molecule has 0 saturated heterocycles. The topological polar surface area (TPSA) is 197 Å². The number of aliphatic hydroxyl groups excluding tert-OH is 1. The number of amides is 3. The molecule has 12 heteroatoms. The van der Waals surface area contributed by atoms with Crippen LogP contribution in [0.3, 0.4) is 0 Å². The number of aliphatic hydroxyl groups is 1. The average Bonchev–Trinajstić information content (AvgIpc) is 2.66. The van der Waals surface area contributed by atoms with Gasteiger partial charge < -0.3 is 37.6 Å². The fourth-order valence-corrected chi connectivity index (χ4v) is 2.81. The normalized spacial score (nSPS) is 14.9. The molecule has 9 N–H and O–H groups in total. The van der Waals surface area contributed by atoms with Crippen molar-refractivity contribution in [2.45, 2.75) is 56.8 Å². The Morgan fingerprint density at radius 1 is 1.07 bits per heavy atom. The number of nitrogens with one attached hydrogen (secondary N) is 3. The molecular weight excluding hydrogens is 402 g/mol. The fraction of sp³-hybridized carbons (Fsp3) is 0.765. The summed E-state index contributed by atoms with van der Waals surface area (Å²) in [5, 5.41) is 26.0. The number of carbonyl (C=O) groups is 4. The molecule has 0 saturated carbocycles. The molecule has 0 heterocycles. The molecule has 0 rings (SSSR count). The number of carboxylic acids is 1. The van der Waals surface area contributed by atoms with E-state index in [-0.39, 0.29) is 6.42 Å². The molecule has 4 atom stereocenters.